The summed E-state index contributed by atoms with van der Waals surface area (Å²) in [5, 5.41) is 3.14. The van der Waals surface area contributed by atoms with Gasteiger partial charge in [-0.25, -0.2) is 4.39 Å². The minimum Gasteiger partial charge on any atom is -0.454 e. The first-order valence-electron chi connectivity index (χ1n) is 10.1. The van der Waals surface area contributed by atoms with E-state index in [1.54, 1.807) is 18.2 Å². The quantitative estimate of drug-likeness (QED) is 0.613. The Balaban J connectivity index is 1.52. The van der Waals surface area contributed by atoms with Crippen LogP contribution in [-0.4, -0.2) is 23.5 Å². The molecule has 0 bridgehead atoms. The zero-order valence-electron chi connectivity index (χ0n) is 17.2. The predicted molar refractivity (Wildman–Crippen MR) is 116 cm³/mol. The van der Waals surface area contributed by atoms with Crippen LogP contribution in [0.5, 0.6) is 11.5 Å². The third-order valence-electron chi connectivity index (χ3n) is 5.48. The smallest absolute Gasteiger partial charge is 0.278 e. The van der Waals surface area contributed by atoms with E-state index < -0.39 is 17.6 Å². The van der Waals surface area contributed by atoms with Crippen molar-refractivity contribution in [3.05, 3.63) is 94.9 Å². The number of benzene rings is 3. The van der Waals surface area contributed by atoms with Crippen LogP contribution in [0.3, 0.4) is 0 Å². The van der Waals surface area contributed by atoms with Crippen molar-refractivity contribution in [2.45, 2.75) is 13.5 Å². The highest BCUT2D eigenvalue weighted by molar-refractivity contribution is 6.36. The van der Waals surface area contributed by atoms with Crippen LogP contribution in [-0.2, 0) is 16.1 Å². The molecular formula is C25H19FN2O4. The molecule has 32 heavy (non-hydrogen) atoms. The van der Waals surface area contributed by atoms with E-state index in [9.17, 15) is 14.0 Å². The Kier molecular flexibility index (Phi) is 4.86. The van der Waals surface area contributed by atoms with E-state index in [0.29, 0.717) is 22.7 Å². The standard InChI is InChI=1S/C25H19FN2O4/c1-15-4-2-3-5-19(15)27-23-22(17-7-9-18(26)10-8-17)24(29)28(25(23)30)13-16-6-11-20-21(12-16)32-14-31-20/h2-12,27H,13-14H2,1H3. The fraction of sp³-hybridized carbons (Fsp3) is 0.120. The van der Waals surface area contributed by atoms with Crippen LogP contribution in [0.2, 0.25) is 0 Å². The molecule has 0 spiro atoms. The first-order chi connectivity index (χ1) is 15.5. The molecule has 1 N–H and O–H groups in total. The Morgan fingerprint density at radius 3 is 2.47 bits per heavy atom. The molecule has 2 aliphatic heterocycles. The average molecular weight is 430 g/mol. The van der Waals surface area contributed by atoms with Gasteiger partial charge in [0.05, 0.1) is 12.1 Å². The number of hydrogen-bond acceptors (Lipinski definition) is 5. The maximum absolute atomic E-state index is 13.5. The van der Waals surface area contributed by atoms with Crippen LogP contribution < -0.4 is 14.8 Å². The van der Waals surface area contributed by atoms with Gasteiger partial charge in [0.25, 0.3) is 11.8 Å². The Bertz CT molecular complexity index is 1270. The van der Waals surface area contributed by atoms with Crippen LogP contribution in [0.25, 0.3) is 5.57 Å². The molecule has 0 unspecified atom stereocenters. The number of nitrogens with one attached hydrogen (secondary N) is 1. The van der Waals surface area contributed by atoms with E-state index in [0.717, 1.165) is 11.1 Å². The average Bonchev–Trinajstić information content (AvgIpc) is 3.34. The molecule has 7 heteroatoms. The topological polar surface area (TPSA) is 67.9 Å². The van der Waals surface area contributed by atoms with Crippen molar-refractivity contribution < 1.29 is 23.5 Å². The normalized spacial score (nSPS) is 15.0. The van der Waals surface area contributed by atoms with Gasteiger partial charge in [0.1, 0.15) is 11.5 Å². The Hall–Kier alpha value is -4.13. The summed E-state index contributed by atoms with van der Waals surface area (Å²) in [7, 11) is 0. The van der Waals surface area contributed by atoms with Gasteiger partial charge in [0.15, 0.2) is 11.5 Å². The van der Waals surface area contributed by atoms with Crippen LogP contribution in [0.4, 0.5) is 10.1 Å². The lowest BCUT2D eigenvalue weighted by molar-refractivity contribution is -0.137. The maximum Gasteiger partial charge on any atom is 0.278 e. The largest absolute Gasteiger partial charge is 0.454 e. The number of hydrogen-bond donors (Lipinski definition) is 1. The van der Waals surface area contributed by atoms with E-state index in [1.807, 2.05) is 31.2 Å². The predicted octanol–water partition coefficient (Wildman–Crippen LogP) is 4.26. The number of carbonyl (C=O) groups is 2. The summed E-state index contributed by atoms with van der Waals surface area (Å²) < 4.78 is 24.2. The molecule has 3 aromatic rings. The third kappa shape index (κ3) is 3.47. The molecule has 0 saturated carbocycles. The fourth-order valence-corrected chi connectivity index (χ4v) is 3.79. The highest BCUT2D eigenvalue weighted by atomic mass is 19.1. The lowest BCUT2D eigenvalue weighted by Gasteiger charge is -2.16. The minimum absolute atomic E-state index is 0.0674. The molecule has 0 aromatic heterocycles. The number of fused-ring (bicyclic) bond motifs is 1. The molecular weight excluding hydrogens is 411 g/mol. The van der Waals surface area contributed by atoms with Crippen molar-refractivity contribution >= 4 is 23.1 Å². The molecule has 0 atom stereocenters. The molecule has 3 aromatic carbocycles. The lowest BCUT2D eigenvalue weighted by Crippen LogP contribution is -2.32. The van der Waals surface area contributed by atoms with Crippen molar-refractivity contribution in [1.29, 1.82) is 0 Å². The van der Waals surface area contributed by atoms with Crippen molar-refractivity contribution in [3.8, 4) is 11.5 Å². The second-order valence-corrected chi connectivity index (χ2v) is 7.58. The molecule has 2 amide bonds. The van der Waals surface area contributed by atoms with Crippen molar-refractivity contribution in [1.82, 2.24) is 4.90 Å². The molecule has 0 radical (unpaired) electrons. The monoisotopic (exact) mass is 430 g/mol. The van der Waals surface area contributed by atoms with Crippen LogP contribution in [0, 0.1) is 12.7 Å². The fourth-order valence-electron chi connectivity index (χ4n) is 3.79. The first-order valence-corrected chi connectivity index (χ1v) is 10.1. The van der Waals surface area contributed by atoms with Gasteiger partial charge >= 0.3 is 0 Å². The number of rotatable bonds is 5. The summed E-state index contributed by atoms with van der Waals surface area (Å²) >= 11 is 0. The molecule has 2 heterocycles. The number of nitrogens with zero attached hydrogens (tertiary/aromatic N) is 1. The molecule has 5 rings (SSSR count). The minimum atomic E-state index is -0.449. The second-order valence-electron chi connectivity index (χ2n) is 7.58. The summed E-state index contributed by atoms with van der Waals surface area (Å²) in [4.78, 5) is 27.9. The number of anilines is 1. The van der Waals surface area contributed by atoms with Crippen molar-refractivity contribution in [2.24, 2.45) is 0 Å². The van der Waals surface area contributed by atoms with Crippen LogP contribution in [0.1, 0.15) is 16.7 Å². The first kappa shape index (κ1) is 19.8. The highest BCUT2D eigenvalue weighted by Crippen LogP contribution is 2.35. The van der Waals surface area contributed by atoms with Gasteiger partial charge in [0, 0.05) is 5.69 Å². The Morgan fingerprint density at radius 2 is 1.69 bits per heavy atom. The summed E-state index contributed by atoms with van der Waals surface area (Å²) in [6, 6.07) is 18.3. The summed E-state index contributed by atoms with van der Waals surface area (Å²) in [6.07, 6.45) is 0. The number of imide groups is 1. The van der Waals surface area contributed by atoms with Gasteiger partial charge in [-0.05, 0) is 53.9 Å². The SMILES string of the molecule is Cc1ccccc1NC1=C(c2ccc(F)cc2)C(=O)N(Cc2ccc3c(c2)OCO3)C1=O. The zero-order chi connectivity index (χ0) is 22.2. The molecule has 160 valence electrons. The molecule has 0 aliphatic carbocycles. The number of aryl methyl sites for hydroxylation is 1. The van der Waals surface area contributed by atoms with Crippen LogP contribution in [0.15, 0.2) is 72.4 Å². The molecule has 0 fully saturated rings. The van der Waals surface area contributed by atoms with Gasteiger partial charge in [-0.2, -0.15) is 0 Å². The van der Waals surface area contributed by atoms with Gasteiger partial charge < -0.3 is 14.8 Å². The number of para-hydroxylation sites is 1. The molecule has 6 nitrogen and oxygen atoms in total. The van der Waals surface area contributed by atoms with E-state index in [2.05, 4.69) is 5.32 Å². The van der Waals surface area contributed by atoms with Crippen LogP contribution >= 0.6 is 0 Å². The van der Waals surface area contributed by atoms with Gasteiger partial charge in [-0.15, -0.1) is 0 Å². The Labute approximate surface area is 183 Å². The lowest BCUT2D eigenvalue weighted by atomic mass is 10.0. The van der Waals surface area contributed by atoms with E-state index in [1.165, 1.54) is 29.2 Å². The van der Waals surface area contributed by atoms with E-state index in [-0.39, 0.29) is 24.6 Å². The summed E-state index contributed by atoms with van der Waals surface area (Å²) in [6.45, 7) is 2.12. The number of ether oxygens (including phenoxy) is 2. The van der Waals surface area contributed by atoms with Crippen molar-refractivity contribution in [3.63, 3.8) is 0 Å². The van der Waals surface area contributed by atoms with E-state index >= 15 is 0 Å². The number of halogens is 1. The third-order valence-corrected chi connectivity index (χ3v) is 5.48. The summed E-state index contributed by atoms with van der Waals surface area (Å²) in [5.41, 5.74) is 3.21. The van der Waals surface area contributed by atoms with Gasteiger partial charge in [-0.1, -0.05) is 36.4 Å². The Morgan fingerprint density at radius 1 is 0.938 bits per heavy atom. The van der Waals surface area contributed by atoms with E-state index in [4.69, 9.17) is 9.47 Å². The summed E-state index contributed by atoms with van der Waals surface area (Å²) in [5.74, 6) is -0.117. The maximum atomic E-state index is 13.5. The zero-order valence-corrected chi connectivity index (χ0v) is 17.2. The highest BCUT2D eigenvalue weighted by Gasteiger charge is 2.39. The molecule has 2 aliphatic rings. The van der Waals surface area contributed by atoms with Gasteiger partial charge in [0.2, 0.25) is 6.79 Å². The number of amides is 2. The van der Waals surface area contributed by atoms with Crippen molar-refractivity contribution in [2.75, 3.05) is 12.1 Å². The second kappa shape index (κ2) is 7.85. The van der Waals surface area contributed by atoms with Gasteiger partial charge in [-0.3, -0.25) is 14.5 Å². The molecule has 0 saturated heterocycles. The number of carbonyl (C=O) groups excluding carboxylic acids is 2.